The molecule has 1 heterocycles. The van der Waals surface area contributed by atoms with E-state index in [9.17, 15) is 0 Å². The van der Waals surface area contributed by atoms with Gasteiger partial charge in [-0.2, -0.15) is 0 Å². The van der Waals surface area contributed by atoms with Gasteiger partial charge in [0.05, 0.1) is 11.2 Å². The lowest BCUT2D eigenvalue weighted by molar-refractivity contribution is 1.40. The van der Waals surface area contributed by atoms with Crippen molar-refractivity contribution < 1.29 is 0 Å². The fraction of sp³-hybridized carbons (Fsp3) is 0. The van der Waals surface area contributed by atoms with Gasteiger partial charge in [0.1, 0.15) is 0 Å². The molecule has 0 atom stereocenters. The van der Waals surface area contributed by atoms with Crippen LogP contribution in [0.15, 0.2) is 146 Å². The van der Waals surface area contributed by atoms with Crippen molar-refractivity contribution in [1.29, 1.82) is 0 Å². The van der Waals surface area contributed by atoms with Crippen molar-refractivity contribution in [3.05, 3.63) is 146 Å². The first-order valence-corrected chi connectivity index (χ1v) is 14.8. The monoisotopic (exact) mass is 497 g/mol. The molecular formula is C33H24NPS. The summed E-state index contributed by atoms with van der Waals surface area (Å²) >= 11 is 6.72. The molecule has 0 aliphatic heterocycles. The molecule has 1 nitrogen and oxygen atoms in total. The van der Waals surface area contributed by atoms with Crippen LogP contribution in [0.4, 0.5) is 0 Å². The Morgan fingerprint density at radius 3 is 1.56 bits per heavy atom. The zero-order valence-corrected chi connectivity index (χ0v) is 21.4. The van der Waals surface area contributed by atoms with Crippen molar-refractivity contribution in [2.24, 2.45) is 0 Å². The van der Waals surface area contributed by atoms with Crippen molar-refractivity contribution in [1.82, 2.24) is 4.98 Å². The van der Waals surface area contributed by atoms with Crippen LogP contribution in [0, 0.1) is 0 Å². The second-order valence-electron chi connectivity index (χ2n) is 8.74. The van der Waals surface area contributed by atoms with E-state index < -0.39 is 6.04 Å². The maximum absolute atomic E-state index is 6.72. The molecular weight excluding hydrogens is 473 g/mol. The highest BCUT2D eigenvalue weighted by Crippen LogP contribution is 2.45. The standard InChI is InChI=1S/C33H24NPS/c36-35(27-18-9-3-10-19-27,28-20-11-4-12-21-28)32-23-13-22-29-30(25-14-5-1-6-15-25)24-31(34-33(29)32)26-16-7-2-8-17-26/h1-24H. The van der Waals surface area contributed by atoms with E-state index in [2.05, 4.69) is 140 Å². The summed E-state index contributed by atoms with van der Waals surface area (Å²) in [6, 6.07) is 48.5. The fourth-order valence-electron chi connectivity index (χ4n) is 4.80. The van der Waals surface area contributed by atoms with Crippen LogP contribution < -0.4 is 15.9 Å². The predicted molar refractivity (Wildman–Crippen MR) is 159 cm³/mol. The Morgan fingerprint density at radius 2 is 1.00 bits per heavy atom. The van der Waals surface area contributed by atoms with Crippen molar-refractivity contribution in [2.75, 3.05) is 0 Å². The van der Waals surface area contributed by atoms with Gasteiger partial charge in [-0.3, -0.25) is 0 Å². The van der Waals surface area contributed by atoms with Crippen molar-refractivity contribution in [3.8, 4) is 22.4 Å². The average Bonchev–Trinajstić information content (AvgIpc) is 2.97. The van der Waals surface area contributed by atoms with E-state index in [1.54, 1.807) is 0 Å². The normalized spacial score (nSPS) is 11.4. The topological polar surface area (TPSA) is 12.9 Å². The first-order valence-electron chi connectivity index (χ1n) is 12.0. The summed E-state index contributed by atoms with van der Waals surface area (Å²) in [5.74, 6) is 0. The quantitative estimate of drug-likeness (QED) is 0.231. The minimum atomic E-state index is -2.37. The van der Waals surface area contributed by atoms with E-state index in [1.807, 2.05) is 6.07 Å². The Hall–Kier alpha value is -3.84. The third-order valence-electron chi connectivity index (χ3n) is 6.55. The number of rotatable bonds is 5. The third kappa shape index (κ3) is 3.99. The van der Waals surface area contributed by atoms with Crippen LogP contribution in [-0.2, 0) is 11.8 Å². The number of hydrogen-bond donors (Lipinski definition) is 0. The second kappa shape index (κ2) is 9.66. The highest BCUT2D eigenvalue weighted by atomic mass is 32.4. The summed E-state index contributed by atoms with van der Waals surface area (Å²) in [6.07, 6.45) is 0. The molecule has 5 aromatic carbocycles. The highest BCUT2D eigenvalue weighted by Gasteiger charge is 2.28. The van der Waals surface area contributed by atoms with Gasteiger partial charge in [-0.05, 0) is 27.8 Å². The van der Waals surface area contributed by atoms with Gasteiger partial charge in [0, 0.05) is 22.3 Å². The Kier molecular flexibility index (Phi) is 6.07. The Labute approximate surface area is 217 Å². The number of para-hydroxylation sites is 1. The van der Waals surface area contributed by atoms with Crippen LogP contribution >= 0.6 is 6.04 Å². The van der Waals surface area contributed by atoms with Crippen molar-refractivity contribution in [3.63, 3.8) is 0 Å². The molecule has 172 valence electrons. The zero-order valence-electron chi connectivity index (χ0n) is 19.7. The largest absolute Gasteiger partial charge is 0.247 e. The number of hydrogen-bond acceptors (Lipinski definition) is 2. The molecule has 6 aromatic rings. The molecule has 0 aliphatic carbocycles. The molecule has 36 heavy (non-hydrogen) atoms. The number of pyridine rings is 1. The summed E-state index contributed by atoms with van der Waals surface area (Å²) in [4.78, 5) is 5.31. The summed E-state index contributed by atoms with van der Waals surface area (Å²) in [5.41, 5.74) is 5.38. The van der Waals surface area contributed by atoms with Crippen LogP contribution in [0.25, 0.3) is 33.3 Å². The summed E-state index contributed by atoms with van der Waals surface area (Å²) in [5, 5.41) is 4.60. The fourth-order valence-corrected chi connectivity index (χ4v) is 8.78. The van der Waals surface area contributed by atoms with Gasteiger partial charge in [-0.15, -0.1) is 0 Å². The van der Waals surface area contributed by atoms with Crippen LogP contribution in [0.3, 0.4) is 0 Å². The van der Waals surface area contributed by atoms with Gasteiger partial charge in [-0.25, -0.2) is 4.98 Å². The molecule has 3 heteroatoms. The van der Waals surface area contributed by atoms with Gasteiger partial charge in [0.2, 0.25) is 0 Å². The Morgan fingerprint density at radius 1 is 0.500 bits per heavy atom. The maximum atomic E-state index is 6.72. The molecule has 0 N–H and O–H groups in total. The van der Waals surface area contributed by atoms with E-state index in [1.165, 1.54) is 21.7 Å². The van der Waals surface area contributed by atoms with E-state index in [0.717, 1.165) is 27.5 Å². The lowest BCUT2D eigenvalue weighted by atomic mass is 9.98. The van der Waals surface area contributed by atoms with Gasteiger partial charge >= 0.3 is 0 Å². The van der Waals surface area contributed by atoms with Gasteiger partial charge in [-0.1, -0.05) is 151 Å². The average molecular weight is 498 g/mol. The zero-order chi connectivity index (χ0) is 24.4. The van der Waals surface area contributed by atoms with Gasteiger partial charge < -0.3 is 0 Å². The first-order chi connectivity index (χ1) is 17.7. The minimum Gasteiger partial charge on any atom is -0.247 e. The first kappa shape index (κ1) is 22.6. The van der Waals surface area contributed by atoms with Crippen LogP contribution in [-0.4, -0.2) is 4.98 Å². The van der Waals surface area contributed by atoms with Gasteiger partial charge in [0.25, 0.3) is 0 Å². The Bertz CT molecular complexity index is 1640. The molecule has 0 amide bonds. The van der Waals surface area contributed by atoms with E-state index in [-0.39, 0.29) is 0 Å². The van der Waals surface area contributed by atoms with Gasteiger partial charge in [0.15, 0.2) is 0 Å². The second-order valence-corrected chi connectivity index (χ2v) is 13.1. The molecule has 0 saturated heterocycles. The molecule has 0 unspecified atom stereocenters. The lowest BCUT2D eigenvalue weighted by Gasteiger charge is -2.26. The molecule has 1 aromatic heterocycles. The summed E-state index contributed by atoms with van der Waals surface area (Å²) < 4.78 is 0. The molecule has 0 saturated carbocycles. The lowest BCUT2D eigenvalue weighted by Crippen LogP contribution is -2.25. The molecule has 0 fully saturated rings. The number of aromatic nitrogens is 1. The SMILES string of the molecule is S=P(c1ccccc1)(c1ccccc1)c1cccc2c(-c3ccccc3)cc(-c3ccccc3)nc12. The van der Waals surface area contributed by atoms with Crippen molar-refractivity contribution in [2.45, 2.75) is 0 Å². The van der Waals surface area contributed by atoms with E-state index in [0.29, 0.717) is 0 Å². The third-order valence-corrected chi connectivity index (χ3v) is 11.5. The van der Waals surface area contributed by atoms with Crippen LogP contribution in [0.2, 0.25) is 0 Å². The van der Waals surface area contributed by atoms with E-state index >= 15 is 0 Å². The summed E-state index contributed by atoms with van der Waals surface area (Å²) in [7, 11) is 0. The summed E-state index contributed by atoms with van der Waals surface area (Å²) in [6.45, 7) is 0. The van der Waals surface area contributed by atoms with Crippen molar-refractivity contribution >= 4 is 44.7 Å². The minimum absolute atomic E-state index is 0.956. The van der Waals surface area contributed by atoms with E-state index in [4.69, 9.17) is 16.8 Å². The molecule has 0 radical (unpaired) electrons. The number of nitrogens with zero attached hydrogens (tertiary/aromatic N) is 1. The molecule has 6 rings (SSSR count). The smallest absolute Gasteiger partial charge is 0.0806 e. The Balaban J connectivity index is 1.73. The number of fused-ring (bicyclic) bond motifs is 1. The number of benzene rings is 5. The van der Waals surface area contributed by atoms with Crippen LogP contribution in [0.1, 0.15) is 0 Å². The van der Waals surface area contributed by atoms with Crippen LogP contribution in [0.5, 0.6) is 0 Å². The molecule has 0 bridgehead atoms. The molecule has 0 spiro atoms. The highest BCUT2D eigenvalue weighted by molar-refractivity contribution is 8.25. The predicted octanol–water partition coefficient (Wildman–Crippen LogP) is 7.32. The maximum Gasteiger partial charge on any atom is 0.0806 e. The molecule has 0 aliphatic rings.